The Labute approximate surface area is 105 Å². The van der Waals surface area contributed by atoms with Crippen molar-refractivity contribution < 1.29 is 9.47 Å². The van der Waals surface area contributed by atoms with Crippen molar-refractivity contribution >= 4 is 20.1 Å². The molecule has 0 radical (unpaired) electrons. The third kappa shape index (κ3) is 3.17. The van der Waals surface area contributed by atoms with Gasteiger partial charge in [0, 0.05) is 0 Å². The van der Waals surface area contributed by atoms with Gasteiger partial charge in [0.05, 0.1) is 0 Å². The second kappa shape index (κ2) is 5.01. The Balaban J connectivity index is 1.82. The van der Waals surface area contributed by atoms with Gasteiger partial charge in [-0.1, -0.05) is 0 Å². The van der Waals surface area contributed by atoms with E-state index in [4.69, 9.17) is 9.47 Å². The molecule has 0 bridgehead atoms. The van der Waals surface area contributed by atoms with Gasteiger partial charge in [0.1, 0.15) is 0 Å². The van der Waals surface area contributed by atoms with Crippen LogP contribution in [0.25, 0.3) is 0 Å². The first-order valence-corrected chi connectivity index (χ1v) is 6.71. The molecule has 0 spiro atoms. The van der Waals surface area contributed by atoms with Gasteiger partial charge in [-0.15, -0.1) is 0 Å². The van der Waals surface area contributed by atoms with Gasteiger partial charge >= 0.3 is 105 Å². The normalized spacial score (nSPS) is 29.1. The van der Waals surface area contributed by atoms with Gasteiger partial charge in [-0.2, -0.15) is 0 Å². The third-order valence-electron chi connectivity index (χ3n) is 2.90. The first-order chi connectivity index (χ1) is 7.57. The summed E-state index contributed by atoms with van der Waals surface area (Å²) in [6.07, 6.45) is 6.88. The fourth-order valence-electron chi connectivity index (χ4n) is 2.04. The van der Waals surface area contributed by atoms with E-state index >= 15 is 0 Å². The van der Waals surface area contributed by atoms with Crippen molar-refractivity contribution in [3.8, 4) is 0 Å². The molecule has 2 rings (SSSR count). The van der Waals surface area contributed by atoms with Crippen LogP contribution in [0.2, 0.25) is 0 Å². The number of likely N-dealkylation sites (tertiary alicyclic amines) is 1. The summed E-state index contributed by atoms with van der Waals surface area (Å²) >= 11 is 3.12. The molecule has 2 aliphatic rings. The van der Waals surface area contributed by atoms with Gasteiger partial charge in [0.25, 0.3) is 0 Å². The molecule has 2 aliphatic heterocycles. The average molecular weight is 288 g/mol. The average Bonchev–Trinajstić information content (AvgIpc) is 2.83. The van der Waals surface area contributed by atoms with Gasteiger partial charge in [-0.05, 0) is 0 Å². The van der Waals surface area contributed by atoms with Crippen molar-refractivity contribution in [3.05, 3.63) is 12.2 Å². The number of hydrogen-bond acceptors (Lipinski definition) is 3. The summed E-state index contributed by atoms with van der Waals surface area (Å²) in [6.45, 7) is 6.88. The molecule has 2 heterocycles. The predicted octanol–water partition coefficient (Wildman–Crippen LogP) is 1.09. The summed E-state index contributed by atoms with van der Waals surface area (Å²) in [4.78, 5) is 2.37. The Kier molecular flexibility index (Phi) is 3.85. The maximum absolute atomic E-state index is 5.71. The molecule has 16 heavy (non-hydrogen) atoms. The van der Waals surface area contributed by atoms with Crippen LogP contribution < -0.4 is 0 Å². The van der Waals surface area contributed by atoms with Crippen molar-refractivity contribution in [2.75, 3.05) is 19.7 Å². The molecule has 0 aromatic heterocycles. The van der Waals surface area contributed by atoms with E-state index in [1.54, 1.807) is 0 Å². The van der Waals surface area contributed by atoms with E-state index < -0.39 is 5.79 Å². The van der Waals surface area contributed by atoms with Crippen LogP contribution >= 0.6 is 0 Å². The van der Waals surface area contributed by atoms with Gasteiger partial charge < -0.3 is 0 Å². The molecule has 90 valence electrons. The van der Waals surface area contributed by atoms with E-state index in [1.165, 1.54) is 30.5 Å². The SMILES string of the molecule is CC1(C)OC[C@H](/C=C/C(=[Se])N2CCCC2)O1. The molecule has 1 atom stereocenters. The van der Waals surface area contributed by atoms with Crippen molar-refractivity contribution in [3.63, 3.8) is 0 Å². The van der Waals surface area contributed by atoms with Crippen molar-refractivity contribution in [1.82, 2.24) is 4.90 Å². The van der Waals surface area contributed by atoms with Crippen LogP contribution in [-0.4, -0.2) is 56.6 Å². The molecule has 0 amide bonds. The monoisotopic (exact) mass is 289 g/mol. The quantitative estimate of drug-likeness (QED) is 0.726. The predicted molar refractivity (Wildman–Crippen MR) is 65.6 cm³/mol. The number of ether oxygens (including phenoxy) is 2. The summed E-state index contributed by atoms with van der Waals surface area (Å²) in [6, 6.07) is 0. The molecule has 0 aromatic carbocycles. The zero-order valence-electron chi connectivity index (χ0n) is 9.94. The van der Waals surface area contributed by atoms with E-state index in [1.807, 2.05) is 13.8 Å². The summed E-state index contributed by atoms with van der Waals surface area (Å²) in [5.74, 6) is -0.430. The molecular weight excluding hydrogens is 269 g/mol. The minimum absolute atomic E-state index is 0.0842. The Hall–Kier alpha value is -0.151. The van der Waals surface area contributed by atoms with Crippen LogP contribution in [0, 0.1) is 0 Å². The standard InChI is InChI=1S/C12H19NO2Se/c1-12(2)14-9-10(15-12)5-6-11(16)13-7-3-4-8-13/h5-6,10H,3-4,7-9H2,1-2H3/b6-5+/t10-/m0/s1. The van der Waals surface area contributed by atoms with Crippen LogP contribution in [-0.2, 0) is 9.47 Å². The van der Waals surface area contributed by atoms with Gasteiger partial charge in [0.2, 0.25) is 0 Å². The van der Waals surface area contributed by atoms with Crippen molar-refractivity contribution in [1.29, 1.82) is 0 Å². The minimum atomic E-state index is -0.430. The van der Waals surface area contributed by atoms with Crippen LogP contribution in [0.4, 0.5) is 0 Å². The first kappa shape index (κ1) is 12.3. The van der Waals surface area contributed by atoms with E-state index in [9.17, 15) is 0 Å². The molecule has 0 saturated carbocycles. The third-order valence-corrected chi connectivity index (χ3v) is 3.73. The van der Waals surface area contributed by atoms with Crippen LogP contribution in [0.15, 0.2) is 12.2 Å². The van der Waals surface area contributed by atoms with Gasteiger partial charge in [-0.25, -0.2) is 0 Å². The van der Waals surface area contributed by atoms with Crippen LogP contribution in [0.3, 0.4) is 0 Å². The number of nitrogens with zero attached hydrogens (tertiary/aromatic N) is 1. The van der Waals surface area contributed by atoms with E-state index in [-0.39, 0.29) is 6.10 Å². The molecular formula is C12H19NO2Se. The number of hydrogen-bond donors (Lipinski definition) is 0. The van der Waals surface area contributed by atoms with E-state index in [2.05, 4.69) is 32.6 Å². The molecule has 0 aromatic rings. The summed E-state index contributed by atoms with van der Waals surface area (Å²) in [5.41, 5.74) is 0. The zero-order valence-corrected chi connectivity index (χ0v) is 11.7. The Morgan fingerprint density at radius 1 is 1.38 bits per heavy atom. The van der Waals surface area contributed by atoms with E-state index in [0.717, 1.165) is 0 Å². The zero-order chi connectivity index (χ0) is 11.6. The van der Waals surface area contributed by atoms with Crippen LogP contribution in [0.1, 0.15) is 26.7 Å². The Morgan fingerprint density at radius 3 is 2.62 bits per heavy atom. The summed E-state index contributed by atoms with van der Waals surface area (Å²) < 4.78 is 12.4. The molecule has 0 unspecified atom stereocenters. The van der Waals surface area contributed by atoms with Gasteiger partial charge in [-0.3, -0.25) is 0 Å². The molecule has 0 N–H and O–H groups in total. The topological polar surface area (TPSA) is 21.7 Å². The van der Waals surface area contributed by atoms with Gasteiger partial charge in [0.15, 0.2) is 0 Å². The maximum atomic E-state index is 5.71. The van der Waals surface area contributed by atoms with Crippen molar-refractivity contribution in [2.24, 2.45) is 0 Å². The first-order valence-electron chi connectivity index (χ1n) is 5.86. The second-order valence-corrected chi connectivity index (χ2v) is 5.64. The van der Waals surface area contributed by atoms with Crippen LogP contribution in [0.5, 0.6) is 0 Å². The summed E-state index contributed by atoms with van der Waals surface area (Å²) in [7, 11) is 0. The Morgan fingerprint density at radius 2 is 2.06 bits per heavy atom. The van der Waals surface area contributed by atoms with E-state index in [0.29, 0.717) is 6.61 Å². The molecule has 4 heteroatoms. The second-order valence-electron chi connectivity index (χ2n) is 4.76. The molecule has 3 nitrogen and oxygen atoms in total. The molecule has 0 aliphatic carbocycles. The summed E-state index contributed by atoms with van der Waals surface area (Å²) in [5, 5.41) is 0. The number of rotatable bonds is 3. The molecule has 2 saturated heterocycles. The Bertz CT molecular complexity index is 295. The fraction of sp³-hybridized carbons (Fsp3) is 0.750. The fourth-order valence-corrected chi connectivity index (χ4v) is 2.59. The molecule has 2 fully saturated rings. The van der Waals surface area contributed by atoms with Crippen molar-refractivity contribution in [2.45, 2.75) is 38.6 Å².